The van der Waals surface area contributed by atoms with Gasteiger partial charge in [0.1, 0.15) is 6.10 Å². The molecule has 0 heterocycles. The highest BCUT2D eigenvalue weighted by atomic mass is 16.5. The van der Waals surface area contributed by atoms with Crippen LogP contribution in [0.1, 0.15) is 77.6 Å². The summed E-state index contributed by atoms with van der Waals surface area (Å²) in [6.45, 7) is 2.73. The van der Waals surface area contributed by atoms with Crippen molar-refractivity contribution in [3.05, 3.63) is 12.2 Å². The summed E-state index contributed by atoms with van der Waals surface area (Å²) in [5, 5.41) is 27.6. The highest BCUT2D eigenvalue weighted by Crippen LogP contribution is 2.11. The molecule has 138 valence electrons. The van der Waals surface area contributed by atoms with E-state index < -0.39 is 6.10 Å². The summed E-state index contributed by atoms with van der Waals surface area (Å²) in [6.07, 6.45) is 15.7. The van der Waals surface area contributed by atoms with E-state index in [0.717, 1.165) is 25.7 Å². The molecule has 0 aliphatic heterocycles. The van der Waals surface area contributed by atoms with E-state index in [1.54, 1.807) is 0 Å². The van der Waals surface area contributed by atoms with E-state index in [4.69, 9.17) is 14.9 Å². The summed E-state index contributed by atoms with van der Waals surface area (Å²) >= 11 is 0. The lowest BCUT2D eigenvalue weighted by Gasteiger charge is -2.07. The molecule has 23 heavy (non-hydrogen) atoms. The van der Waals surface area contributed by atoms with Crippen LogP contribution in [0.25, 0.3) is 0 Å². The zero-order chi connectivity index (χ0) is 17.2. The molecule has 4 heteroatoms. The highest BCUT2D eigenvalue weighted by Gasteiger charge is 2.01. The summed E-state index contributed by atoms with van der Waals surface area (Å²) in [5.41, 5.74) is 0. The lowest BCUT2D eigenvalue weighted by atomic mass is 10.1. The zero-order valence-electron chi connectivity index (χ0n) is 15.0. The number of ether oxygens (including phenoxy) is 1. The molecule has 0 saturated heterocycles. The smallest absolute Gasteiger partial charge is 0.100 e. The molecule has 0 aromatic carbocycles. The Labute approximate surface area is 142 Å². The maximum atomic E-state index is 9.85. The fourth-order valence-corrected chi connectivity index (χ4v) is 2.41. The molecule has 0 bridgehead atoms. The third kappa shape index (κ3) is 17.8. The van der Waals surface area contributed by atoms with Crippen molar-refractivity contribution in [2.75, 3.05) is 19.8 Å². The molecule has 0 radical (unpaired) electrons. The molecule has 0 saturated carbocycles. The van der Waals surface area contributed by atoms with Gasteiger partial charge in [0.2, 0.25) is 0 Å². The molecule has 0 unspecified atom stereocenters. The number of rotatable bonds is 17. The molecule has 0 amide bonds. The molecule has 0 aromatic heterocycles. The van der Waals surface area contributed by atoms with Crippen LogP contribution >= 0.6 is 0 Å². The van der Waals surface area contributed by atoms with Crippen LogP contribution in [0.5, 0.6) is 0 Å². The van der Waals surface area contributed by atoms with Crippen LogP contribution in [0.15, 0.2) is 12.2 Å². The molecular weight excluding hydrogens is 292 g/mol. The Morgan fingerprint density at radius 3 is 2.22 bits per heavy atom. The van der Waals surface area contributed by atoms with Gasteiger partial charge in [-0.05, 0) is 19.3 Å². The maximum absolute atomic E-state index is 9.85. The minimum Gasteiger partial charge on any atom is -0.394 e. The van der Waals surface area contributed by atoms with Gasteiger partial charge in [0.05, 0.1) is 19.3 Å². The minimum atomic E-state index is -0.779. The topological polar surface area (TPSA) is 69.9 Å². The number of hydrogen-bond acceptors (Lipinski definition) is 4. The third-order valence-corrected chi connectivity index (χ3v) is 3.89. The van der Waals surface area contributed by atoms with E-state index >= 15 is 0 Å². The molecule has 0 aromatic rings. The quantitative estimate of drug-likeness (QED) is 0.282. The predicted molar refractivity (Wildman–Crippen MR) is 95.5 cm³/mol. The Balaban J connectivity index is 3.30. The number of aliphatic hydroxyl groups is 3. The van der Waals surface area contributed by atoms with Crippen molar-refractivity contribution in [1.29, 1.82) is 0 Å². The Kier molecular flexibility index (Phi) is 17.6. The Morgan fingerprint density at radius 2 is 1.57 bits per heavy atom. The van der Waals surface area contributed by atoms with Crippen LogP contribution in [0.3, 0.4) is 0 Å². The second-order valence-corrected chi connectivity index (χ2v) is 6.31. The van der Waals surface area contributed by atoms with Crippen LogP contribution in [-0.2, 0) is 4.74 Å². The number of aliphatic hydroxyl groups excluding tert-OH is 3. The van der Waals surface area contributed by atoms with Gasteiger partial charge in [0, 0.05) is 6.61 Å². The zero-order valence-corrected chi connectivity index (χ0v) is 15.0. The fraction of sp³-hybridized carbons (Fsp3) is 0.895. The monoisotopic (exact) mass is 330 g/mol. The summed E-state index contributed by atoms with van der Waals surface area (Å²) in [5.74, 6) is 0. The van der Waals surface area contributed by atoms with Crippen LogP contribution in [0, 0.1) is 0 Å². The average Bonchev–Trinajstić information content (AvgIpc) is 2.56. The van der Waals surface area contributed by atoms with Crippen molar-refractivity contribution < 1.29 is 20.1 Å². The molecule has 0 rings (SSSR count). The third-order valence-electron chi connectivity index (χ3n) is 3.89. The highest BCUT2D eigenvalue weighted by molar-refractivity contribution is 4.88. The van der Waals surface area contributed by atoms with E-state index in [2.05, 4.69) is 6.92 Å². The van der Waals surface area contributed by atoms with Crippen LogP contribution in [0.2, 0.25) is 0 Å². The van der Waals surface area contributed by atoms with Crippen LogP contribution in [0.4, 0.5) is 0 Å². The molecule has 0 aliphatic rings. The van der Waals surface area contributed by atoms with Gasteiger partial charge < -0.3 is 20.1 Å². The fourth-order valence-electron chi connectivity index (χ4n) is 2.41. The number of allylic oxidation sites excluding steroid dienone is 1. The Bertz CT molecular complexity index is 256. The second-order valence-electron chi connectivity index (χ2n) is 6.31. The van der Waals surface area contributed by atoms with E-state index in [1.165, 1.54) is 44.9 Å². The first kappa shape index (κ1) is 22.6. The standard InChI is InChI=1S/C19H38O4/c1-2-3-4-5-6-7-8-10-13-18(21)14-11-9-12-15-23-17-19(22)16-20/h11,14,18-22H,2-10,12-13,15-17H2,1H3/b14-11+/t18-,19-/m0/s1. The first-order valence-electron chi connectivity index (χ1n) is 9.42. The molecule has 0 aliphatic carbocycles. The van der Waals surface area contributed by atoms with Crippen molar-refractivity contribution >= 4 is 0 Å². The lowest BCUT2D eigenvalue weighted by Crippen LogP contribution is -2.19. The molecule has 3 N–H and O–H groups in total. The molecule has 2 atom stereocenters. The van der Waals surface area contributed by atoms with Gasteiger partial charge in [-0.1, -0.05) is 70.4 Å². The van der Waals surface area contributed by atoms with Crippen molar-refractivity contribution in [3.8, 4) is 0 Å². The Morgan fingerprint density at radius 1 is 0.913 bits per heavy atom. The average molecular weight is 331 g/mol. The number of unbranched alkanes of at least 4 members (excludes halogenated alkanes) is 8. The maximum Gasteiger partial charge on any atom is 0.100 e. The summed E-state index contributed by atoms with van der Waals surface area (Å²) < 4.78 is 5.21. The summed E-state index contributed by atoms with van der Waals surface area (Å²) in [6, 6.07) is 0. The summed E-state index contributed by atoms with van der Waals surface area (Å²) in [7, 11) is 0. The van der Waals surface area contributed by atoms with Crippen molar-refractivity contribution in [1.82, 2.24) is 0 Å². The molecule has 0 fully saturated rings. The van der Waals surface area contributed by atoms with Gasteiger partial charge in [0.25, 0.3) is 0 Å². The second kappa shape index (κ2) is 17.9. The van der Waals surface area contributed by atoms with Crippen LogP contribution in [-0.4, -0.2) is 47.3 Å². The first-order chi connectivity index (χ1) is 11.2. The molecule has 4 nitrogen and oxygen atoms in total. The van der Waals surface area contributed by atoms with E-state index in [9.17, 15) is 5.11 Å². The van der Waals surface area contributed by atoms with Gasteiger partial charge >= 0.3 is 0 Å². The summed E-state index contributed by atoms with van der Waals surface area (Å²) in [4.78, 5) is 0. The van der Waals surface area contributed by atoms with Crippen molar-refractivity contribution in [2.24, 2.45) is 0 Å². The first-order valence-corrected chi connectivity index (χ1v) is 9.42. The number of hydrogen-bond donors (Lipinski definition) is 3. The van der Waals surface area contributed by atoms with Crippen LogP contribution < -0.4 is 0 Å². The normalized spacial score (nSPS) is 14.4. The van der Waals surface area contributed by atoms with Gasteiger partial charge in [-0.3, -0.25) is 0 Å². The largest absolute Gasteiger partial charge is 0.394 e. The van der Waals surface area contributed by atoms with E-state index in [-0.39, 0.29) is 19.3 Å². The molecular formula is C19H38O4. The minimum absolute atomic E-state index is 0.182. The lowest BCUT2D eigenvalue weighted by molar-refractivity contribution is 0.00585. The molecule has 0 spiro atoms. The predicted octanol–water partition coefficient (Wildman–Crippen LogP) is 3.58. The van der Waals surface area contributed by atoms with Gasteiger partial charge in [-0.15, -0.1) is 0 Å². The SMILES string of the molecule is CCCCCCCCCC[C@H](O)/C=C/CCCOC[C@@H](O)CO. The van der Waals surface area contributed by atoms with Gasteiger partial charge in [0.15, 0.2) is 0 Å². The van der Waals surface area contributed by atoms with Gasteiger partial charge in [-0.25, -0.2) is 0 Å². The van der Waals surface area contributed by atoms with E-state index in [0.29, 0.717) is 6.61 Å². The van der Waals surface area contributed by atoms with Crippen molar-refractivity contribution in [2.45, 2.75) is 89.8 Å². The van der Waals surface area contributed by atoms with Crippen molar-refractivity contribution in [3.63, 3.8) is 0 Å². The van der Waals surface area contributed by atoms with Gasteiger partial charge in [-0.2, -0.15) is 0 Å². The Hall–Kier alpha value is -0.420. The van der Waals surface area contributed by atoms with E-state index in [1.807, 2.05) is 12.2 Å².